The number of carbonyl (C=O) groups excluding carboxylic acids is 2. The summed E-state index contributed by atoms with van der Waals surface area (Å²) in [5.41, 5.74) is -9.06. The molecule has 0 radical (unpaired) electrons. The average molecular weight is 570 g/mol. The summed E-state index contributed by atoms with van der Waals surface area (Å²) in [7, 11) is 0. The number of hydrogen-bond donors (Lipinski definition) is 3. The van der Waals surface area contributed by atoms with Crippen molar-refractivity contribution in [1.82, 2.24) is 10.6 Å². The van der Waals surface area contributed by atoms with Gasteiger partial charge in [-0.1, -0.05) is 12.1 Å². The molecule has 0 saturated carbocycles. The standard InChI is InChI=1S/C21H14F12N2O3/c22-18(23,24)11-3-1-9(5-13(11)20(28,29)30)7-34-16(37)15(36)17(38)35-8-10-2-4-12(19(25,26)27)14(6-10)21(31,32)33/h1-6,15,36H,7-8H2,(H,34,37)(H,35,38). The highest BCUT2D eigenvalue weighted by Crippen LogP contribution is 2.41. The van der Waals surface area contributed by atoms with Gasteiger partial charge in [0, 0.05) is 13.1 Å². The van der Waals surface area contributed by atoms with E-state index in [1.165, 1.54) is 0 Å². The van der Waals surface area contributed by atoms with Crippen molar-refractivity contribution in [3.63, 3.8) is 0 Å². The van der Waals surface area contributed by atoms with Crippen molar-refractivity contribution in [1.29, 1.82) is 0 Å². The van der Waals surface area contributed by atoms with E-state index in [1.807, 2.05) is 0 Å². The Morgan fingerprint density at radius 3 is 1.13 bits per heavy atom. The first-order valence-corrected chi connectivity index (χ1v) is 9.90. The van der Waals surface area contributed by atoms with Crippen LogP contribution in [0.25, 0.3) is 0 Å². The Morgan fingerprint density at radius 1 is 0.579 bits per heavy atom. The lowest BCUT2D eigenvalue weighted by atomic mass is 10.0. The second-order valence-corrected chi connectivity index (χ2v) is 7.59. The van der Waals surface area contributed by atoms with Gasteiger partial charge in [0.05, 0.1) is 22.3 Å². The molecule has 0 aliphatic heterocycles. The van der Waals surface area contributed by atoms with Gasteiger partial charge in [0.15, 0.2) is 0 Å². The molecular weight excluding hydrogens is 556 g/mol. The van der Waals surface area contributed by atoms with E-state index < -0.39 is 89.1 Å². The Morgan fingerprint density at radius 2 is 0.868 bits per heavy atom. The number of rotatable bonds is 6. The minimum Gasteiger partial charge on any atom is -0.375 e. The molecule has 0 atom stereocenters. The minimum absolute atomic E-state index is 0.0956. The summed E-state index contributed by atoms with van der Waals surface area (Å²) >= 11 is 0. The van der Waals surface area contributed by atoms with Gasteiger partial charge >= 0.3 is 24.7 Å². The maximum atomic E-state index is 13.0. The van der Waals surface area contributed by atoms with Crippen molar-refractivity contribution >= 4 is 11.8 Å². The molecule has 0 unspecified atom stereocenters. The summed E-state index contributed by atoms with van der Waals surface area (Å²) in [6.45, 7) is -1.73. The highest BCUT2D eigenvalue weighted by atomic mass is 19.4. The first-order valence-electron chi connectivity index (χ1n) is 9.90. The number of nitrogens with one attached hydrogen (secondary N) is 2. The van der Waals surface area contributed by atoms with Crippen LogP contribution in [-0.4, -0.2) is 23.0 Å². The molecule has 2 aromatic carbocycles. The van der Waals surface area contributed by atoms with Gasteiger partial charge in [-0.2, -0.15) is 52.7 Å². The van der Waals surface area contributed by atoms with Crippen molar-refractivity contribution < 1.29 is 67.4 Å². The van der Waals surface area contributed by atoms with E-state index in [2.05, 4.69) is 0 Å². The third-order valence-corrected chi connectivity index (χ3v) is 4.82. The lowest BCUT2D eigenvalue weighted by Gasteiger charge is -2.18. The van der Waals surface area contributed by atoms with Crippen molar-refractivity contribution in [2.75, 3.05) is 0 Å². The summed E-state index contributed by atoms with van der Waals surface area (Å²) in [6.07, 6.45) is -24.1. The highest BCUT2D eigenvalue weighted by Gasteiger charge is 2.44. The topological polar surface area (TPSA) is 78.4 Å². The van der Waals surface area contributed by atoms with E-state index in [1.54, 1.807) is 10.6 Å². The van der Waals surface area contributed by atoms with Crippen molar-refractivity contribution in [2.24, 2.45) is 0 Å². The summed E-state index contributed by atoms with van der Waals surface area (Å²) in [6, 6.07) is 1.64. The third-order valence-electron chi connectivity index (χ3n) is 4.82. The summed E-state index contributed by atoms with van der Waals surface area (Å²) < 4.78 is 155. The zero-order chi connectivity index (χ0) is 29.3. The largest absolute Gasteiger partial charge is 0.417 e. The van der Waals surface area contributed by atoms with Crippen LogP contribution in [0.3, 0.4) is 0 Å². The third kappa shape index (κ3) is 7.75. The Balaban J connectivity index is 2.07. The van der Waals surface area contributed by atoms with Crippen molar-refractivity contribution in [3.05, 3.63) is 69.8 Å². The Labute approximate surface area is 204 Å². The summed E-state index contributed by atoms with van der Waals surface area (Å²) in [5.74, 6) is -3.08. The first kappa shape index (κ1) is 30.7. The second-order valence-electron chi connectivity index (χ2n) is 7.59. The fourth-order valence-electron chi connectivity index (χ4n) is 3.06. The molecule has 210 valence electrons. The van der Waals surface area contributed by atoms with E-state index in [0.717, 1.165) is 0 Å². The van der Waals surface area contributed by atoms with Crippen molar-refractivity contribution in [3.8, 4) is 0 Å². The highest BCUT2D eigenvalue weighted by molar-refractivity contribution is 6.02. The van der Waals surface area contributed by atoms with Gasteiger partial charge < -0.3 is 15.7 Å². The number of alkyl halides is 12. The van der Waals surface area contributed by atoms with Crippen molar-refractivity contribution in [2.45, 2.75) is 43.9 Å². The number of carbonyl (C=O) groups is 2. The quantitative estimate of drug-likeness (QED) is 0.336. The van der Waals surface area contributed by atoms with Crippen LogP contribution in [0.15, 0.2) is 36.4 Å². The fraction of sp³-hybridized carbons (Fsp3) is 0.333. The number of benzene rings is 2. The predicted molar refractivity (Wildman–Crippen MR) is 103 cm³/mol. The molecule has 0 fully saturated rings. The summed E-state index contributed by atoms with van der Waals surface area (Å²) in [4.78, 5) is 23.8. The zero-order valence-electron chi connectivity index (χ0n) is 18.3. The molecule has 0 aromatic heterocycles. The molecule has 2 rings (SSSR count). The van der Waals surface area contributed by atoms with Crippen LogP contribution in [0, 0.1) is 0 Å². The first-order chi connectivity index (χ1) is 17.1. The maximum Gasteiger partial charge on any atom is 0.417 e. The van der Waals surface area contributed by atoms with Crippen LogP contribution >= 0.6 is 0 Å². The number of aliphatic hydroxyl groups excluding tert-OH is 1. The smallest absolute Gasteiger partial charge is 0.375 e. The van der Waals surface area contributed by atoms with Crippen LogP contribution in [0.4, 0.5) is 52.7 Å². The molecule has 38 heavy (non-hydrogen) atoms. The molecule has 0 spiro atoms. The number of amides is 2. The lowest BCUT2D eigenvalue weighted by molar-refractivity contribution is -0.162. The van der Waals surface area contributed by atoms with E-state index >= 15 is 0 Å². The lowest BCUT2D eigenvalue weighted by Crippen LogP contribution is -2.45. The van der Waals surface area contributed by atoms with Gasteiger partial charge in [0.2, 0.25) is 6.10 Å². The van der Waals surface area contributed by atoms with Crippen LogP contribution in [0.1, 0.15) is 33.4 Å². The van der Waals surface area contributed by atoms with Crippen LogP contribution < -0.4 is 10.6 Å². The van der Waals surface area contributed by atoms with Gasteiger partial charge in [-0.15, -0.1) is 0 Å². The average Bonchev–Trinajstić information content (AvgIpc) is 2.77. The molecule has 5 nitrogen and oxygen atoms in total. The Hall–Kier alpha value is -3.50. The summed E-state index contributed by atoms with van der Waals surface area (Å²) in [5, 5.41) is 13.3. The van der Waals surface area contributed by atoms with Gasteiger partial charge in [0.1, 0.15) is 0 Å². The molecule has 17 heteroatoms. The molecule has 0 saturated heterocycles. The zero-order valence-corrected chi connectivity index (χ0v) is 18.3. The molecular formula is C21H14F12N2O3. The minimum atomic E-state index is -5.41. The van der Waals surface area contributed by atoms with E-state index in [-0.39, 0.29) is 24.3 Å². The Kier molecular flexibility index (Phi) is 8.65. The fourth-order valence-corrected chi connectivity index (χ4v) is 3.06. The molecule has 0 heterocycles. The van der Waals surface area contributed by atoms with Gasteiger partial charge in [-0.05, 0) is 35.4 Å². The molecule has 2 amide bonds. The second kappa shape index (κ2) is 10.7. The number of hydrogen-bond acceptors (Lipinski definition) is 3. The van der Waals surface area contributed by atoms with E-state index in [0.29, 0.717) is 12.1 Å². The van der Waals surface area contributed by atoms with Gasteiger partial charge in [-0.25, -0.2) is 0 Å². The number of aliphatic hydroxyl groups is 1. The molecule has 0 aliphatic carbocycles. The van der Waals surface area contributed by atoms with Crippen LogP contribution in [-0.2, 0) is 47.4 Å². The molecule has 0 aliphatic rings. The SMILES string of the molecule is O=C(NCc1ccc(C(F)(F)F)c(C(F)(F)F)c1)C(O)C(=O)NCc1ccc(C(F)(F)F)c(C(F)(F)F)c1. The van der Waals surface area contributed by atoms with Gasteiger partial charge in [-0.3, -0.25) is 9.59 Å². The van der Waals surface area contributed by atoms with Crippen LogP contribution in [0.2, 0.25) is 0 Å². The van der Waals surface area contributed by atoms with Crippen LogP contribution in [0.5, 0.6) is 0 Å². The number of halogens is 12. The van der Waals surface area contributed by atoms with E-state index in [9.17, 15) is 67.4 Å². The Bertz CT molecular complexity index is 1090. The predicted octanol–water partition coefficient (Wildman–Crippen LogP) is 5.06. The normalized spacial score (nSPS) is 13.0. The maximum absolute atomic E-state index is 13.0. The molecule has 0 bridgehead atoms. The molecule has 2 aromatic rings. The van der Waals surface area contributed by atoms with Gasteiger partial charge in [0.25, 0.3) is 11.8 Å². The monoisotopic (exact) mass is 570 g/mol. The molecule has 3 N–H and O–H groups in total. The van der Waals surface area contributed by atoms with E-state index in [4.69, 9.17) is 0 Å².